The van der Waals surface area contributed by atoms with E-state index in [2.05, 4.69) is 4.98 Å². The third-order valence-electron chi connectivity index (χ3n) is 2.62. The summed E-state index contributed by atoms with van der Waals surface area (Å²) in [7, 11) is 0. The second-order valence-electron chi connectivity index (χ2n) is 5.04. The Morgan fingerprint density at radius 3 is 2.24 bits per heavy atom. The van der Waals surface area contributed by atoms with Gasteiger partial charge in [0.15, 0.2) is 11.6 Å². The van der Waals surface area contributed by atoms with E-state index in [9.17, 15) is 8.78 Å². The predicted molar refractivity (Wildman–Crippen MR) is 65.4 cm³/mol. The number of halogens is 3. The van der Waals surface area contributed by atoms with Crippen molar-refractivity contribution in [1.29, 1.82) is 0 Å². The van der Waals surface area contributed by atoms with Gasteiger partial charge in [-0.3, -0.25) is 0 Å². The quantitative estimate of drug-likeness (QED) is 0.633. The lowest BCUT2D eigenvalue weighted by Gasteiger charge is -2.20. The van der Waals surface area contributed by atoms with Crippen LogP contribution in [0.5, 0.6) is 0 Å². The van der Waals surface area contributed by atoms with Gasteiger partial charge < -0.3 is 0 Å². The molecular weight excluding hydrogens is 244 g/mol. The first kappa shape index (κ1) is 12.2. The highest BCUT2D eigenvalue weighted by Gasteiger charge is 2.19. The Kier molecular flexibility index (Phi) is 2.82. The van der Waals surface area contributed by atoms with Gasteiger partial charge in [0, 0.05) is 11.5 Å². The Hall–Kier alpha value is -1.22. The zero-order chi connectivity index (χ0) is 12.8. The fraction of sp³-hybridized carbons (Fsp3) is 0.308. The van der Waals surface area contributed by atoms with Crippen LogP contribution in [0.1, 0.15) is 26.3 Å². The van der Waals surface area contributed by atoms with Crippen LogP contribution < -0.4 is 0 Å². The molecule has 0 N–H and O–H groups in total. The van der Waals surface area contributed by atoms with Gasteiger partial charge in [-0.05, 0) is 23.1 Å². The molecule has 0 aliphatic carbocycles. The first-order valence-corrected chi connectivity index (χ1v) is 5.62. The number of hydrogen-bond acceptors (Lipinski definition) is 1. The van der Waals surface area contributed by atoms with E-state index < -0.39 is 11.6 Å². The number of rotatable bonds is 0. The molecule has 90 valence electrons. The molecule has 1 aromatic heterocycles. The van der Waals surface area contributed by atoms with E-state index in [4.69, 9.17) is 11.6 Å². The lowest BCUT2D eigenvalue weighted by atomic mass is 9.87. The fourth-order valence-corrected chi connectivity index (χ4v) is 2.10. The predicted octanol–water partition coefficient (Wildman–Crippen LogP) is 4.46. The van der Waals surface area contributed by atoms with Crippen LogP contribution in [-0.2, 0) is 5.41 Å². The average molecular weight is 256 g/mol. The summed E-state index contributed by atoms with van der Waals surface area (Å²) in [5.41, 5.74) is 0.989. The summed E-state index contributed by atoms with van der Waals surface area (Å²) in [4.78, 5) is 4.10. The summed E-state index contributed by atoms with van der Waals surface area (Å²) in [6.45, 7) is 5.96. The van der Waals surface area contributed by atoms with Crippen molar-refractivity contribution < 1.29 is 8.78 Å². The minimum absolute atomic E-state index is 0.191. The Morgan fingerprint density at radius 1 is 1.06 bits per heavy atom. The summed E-state index contributed by atoms with van der Waals surface area (Å²) in [5.74, 6) is -1.79. The molecule has 0 fully saturated rings. The van der Waals surface area contributed by atoms with Gasteiger partial charge in [-0.2, -0.15) is 0 Å². The molecule has 0 aliphatic heterocycles. The molecule has 0 saturated heterocycles. The Morgan fingerprint density at radius 2 is 1.65 bits per heavy atom. The minimum atomic E-state index is -0.912. The third kappa shape index (κ3) is 2.25. The second-order valence-corrected chi connectivity index (χ2v) is 5.39. The molecule has 2 rings (SSSR count). The Labute approximate surface area is 103 Å². The topological polar surface area (TPSA) is 12.9 Å². The Balaban J connectivity index is 2.76. The summed E-state index contributed by atoms with van der Waals surface area (Å²) in [6.07, 6.45) is 0. The molecule has 2 aromatic rings. The number of hydrogen-bond donors (Lipinski definition) is 0. The van der Waals surface area contributed by atoms with E-state index in [0.29, 0.717) is 16.1 Å². The SMILES string of the molecule is CC(C)(C)c1cc2cc(F)c(F)cc2nc1Cl. The third-order valence-corrected chi connectivity index (χ3v) is 2.91. The smallest absolute Gasteiger partial charge is 0.161 e. The first-order chi connectivity index (χ1) is 7.79. The van der Waals surface area contributed by atoms with Crippen molar-refractivity contribution in [3.8, 4) is 0 Å². The molecule has 0 atom stereocenters. The van der Waals surface area contributed by atoms with E-state index in [1.54, 1.807) is 6.07 Å². The van der Waals surface area contributed by atoms with Crippen LogP contribution in [0.3, 0.4) is 0 Å². The molecule has 1 aromatic carbocycles. The molecule has 0 aliphatic rings. The van der Waals surface area contributed by atoms with E-state index in [1.165, 1.54) is 0 Å². The highest BCUT2D eigenvalue weighted by atomic mass is 35.5. The van der Waals surface area contributed by atoms with Crippen LogP contribution >= 0.6 is 11.6 Å². The maximum absolute atomic E-state index is 13.1. The molecule has 0 radical (unpaired) electrons. The van der Waals surface area contributed by atoms with E-state index in [-0.39, 0.29) is 5.41 Å². The zero-order valence-electron chi connectivity index (χ0n) is 9.81. The molecule has 0 unspecified atom stereocenters. The number of benzene rings is 1. The van der Waals surface area contributed by atoms with Crippen LogP contribution in [0, 0.1) is 11.6 Å². The van der Waals surface area contributed by atoms with Crippen LogP contribution in [0.2, 0.25) is 5.15 Å². The van der Waals surface area contributed by atoms with Gasteiger partial charge in [-0.15, -0.1) is 0 Å². The number of fused-ring (bicyclic) bond motifs is 1. The van der Waals surface area contributed by atoms with Gasteiger partial charge >= 0.3 is 0 Å². The lowest BCUT2D eigenvalue weighted by Crippen LogP contribution is -2.12. The van der Waals surface area contributed by atoms with Crippen molar-refractivity contribution in [1.82, 2.24) is 4.98 Å². The molecule has 0 bridgehead atoms. The van der Waals surface area contributed by atoms with E-state index in [1.807, 2.05) is 20.8 Å². The van der Waals surface area contributed by atoms with Crippen molar-refractivity contribution in [3.05, 3.63) is 40.6 Å². The standard InChI is InChI=1S/C13H12ClF2N/c1-13(2,3)8-4-7-5-9(15)10(16)6-11(7)17-12(8)14/h4-6H,1-3H3. The molecular formula is C13H12ClF2N. The zero-order valence-corrected chi connectivity index (χ0v) is 10.6. The number of aromatic nitrogens is 1. The van der Waals surface area contributed by atoms with Crippen molar-refractivity contribution in [2.75, 3.05) is 0 Å². The van der Waals surface area contributed by atoms with E-state index in [0.717, 1.165) is 17.7 Å². The molecule has 0 saturated carbocycles. The van der Waals surface area contributed by atoms with E-state index >= 15 is 0 Å². The highest BCUT2D eigenvalue weighted by Crippen LogP contribution is 2.31. The van der Waals surface area contributed by atoms with Gasteiger partial charge in [0.05, 0.1) is 5.52 Å². The largest absolute Gasteiger partial charge is 0.236 e. The van der Waals surface area contributed by atoms with Crippen LogP contribution in [0.25, 0.3) is 10.9 Å². The maximum atomic E-state index is 13.1. The van der Waals surface area contributed by atoms with Crippen molar-refractivity contribution >= 4 is 22.5 Å². The monoisotopic (exact) mass is 255 g/mol. The molecule has 1 heterocycles. The summed E-state index contributed by atoms with van der Waals surface area (Å²) in [5, 5.41) is 0.884. The summed E-state index contributed by atoms with van der Waals surface area (Å²) < 4.78 is 26.2. The average Bonchev–Trinajstić information content (AvgIpc) is 2.18. The molecule has 0 spiro atoms. The van der Waals surface area contributed by atoms with Crippen LogP contribution in [-0.4, -0.2) is 4.98 Å². The molecule has 0 amide bonds. The lowest BCUT2D eigenvalue weighted by molar-refractivity contribution is 0.510. The van der Waals surface area contributed by atoms with Crippen molar-refractivity contribution in [2.24, 2.45) is 0 Å². The van der Waals surface area contributed by atoms with Gasteiger partial charge in [-0.1, -0.05) is 32.4 Å². The minimum Gasteiger partial charge on any atom is -0.236 e. The highest BCUT2D eigenvalue weighted by molar-refractivity contribution is 6.30. The number of nitrogens with zero attached hydrogens (tertiary/aromatic N) is 1. The second kappa shape index (κ2) is 3.91. The van der Waals surface area contributed by atoms with Gasteiger partial charge in [0.1, 0.15) is 5.15 Å². The van der Waals surface area contributed by atoms with Crippen LogP contribution in [0.15, 0.2) is 18.2 Å². The molecule has 1 nitrogen and oxygen atoms in total. The van der Waals surface area contributed by atoms with Gasteiger partial charge in [0.2, 0.25) is 0 Å². The number of pyridine rings is 1. The summed E-state index contributed by atoms with van der Waals surface area (Å²) >= 11 is 6.05. The van der Waals surface area contributed by atoms with Crippen LogP contribution in [0.4, 0.5) is 8.78 Å². The normalized spacial score (nSPS) is 12.1. The van der Waals surface area contributed by atoms with Crippen molar-refractivity contribution in [3.63, 3.8) is 0 Å². The van der Waals surface area contributed by atoms with Gasteiger partial charge in [0.25, 0.3) is 0 Å². The summed E-state index contributed by atoms with van der Waals surface area (Å²) in [6, 6.07) is 3.96. The maximum Gasteiger partial charge on any atom is 0.161 e. The molecule has 17 heavy (non-hydrogen) atoms. The Bertz CT molecular complexity index is 588. The fourth-order valence-electron chi connectivity index (χ4n) is 1.67. The molecule has 4 heteroatoms. The first-order valence-electron chi connectivity index (χ1n) is 5.25. The van der Waals surface area contributed by atoms with Gasteiger partial charge in [-0.25, -0.2) is 13.8 Å². The van der Waals surface area contributed by atoms with Crippen molar-refractivity contribution in [2.45, 2.75) is 26.2 Å².